The van der Waals surface area contributed by atoms with Crippen LogP contribution in [-0.4, -0.2) is 71.7 Å². The summed E-state index contributed by atoms with van der Waals surface area (Å²) in [5.74, 6) is -0.475. The van der Waals surface area contributed by atoms with Gasteiger partial charge < -0.3 is 20.1 Å². The molecular weight excluding hydrogens is 548 g/mol. The maximum absolute atomic E-state index is 15.1. The Kier molecular flexibility index (Phi) is 12.1. The lowest BCUT2D eigenvalue weighted by Gasteiger charge is -2.31. The predicted molar refractivity (Wildman–Crippen MR) is 151 cm³/mol. The lowest BCUT2D eigenvalue weighted by Crippen LogP contribution is -2.48. The van der Waals surface area contributed by atoms with Gasteiger partial charge in [0.25, 0.3) is 5.91 Å². The quantitative estimate of drug-likeness (QED) is 0.333. The third-order valence-corrected chi connectivity index (χ3v) is 6.22. The van der Waals surface area contributed by atoms with Gasteiger partial charge in [-0.3, -0.25) is 14.6 Å². The minimum absolute atomic E-state index is 0. The molecule has 2 N–H and O–H groups in total. The summed E-state index contributed by atoms with van der Waals surface area (Å²) in [6.45, 7) is 6.27. The van der Waals surface area contributed by atoms with Crippen LogP contribution >= 0.6 is 24.8 Å². The predicted octanol–water partition coefficient (Wildman–Crippen LogP) is 2.95. The molecule has 2 aromatic carbocycles. The Balaban J connectivity index is 0.00000267. The minimum atomic E-state index is -0.562. The van der Waals surface area contributed by atoms with Crippen molar-refractivity contribution in [1.29, 1.82) is 0 Å². The number of hydrazine groups is 1. The lowest BCUT2D eigenvalue weighted by atomic mass is 10.1. The van der Waals surface area contributed by atoms with Crippen molar-refractivity contribution in [2.45, 2.75) is 26.9 Å². The Hall–Kier alpha value is -3.25. The zero-order chi connectivity index (χ0) is 26.4. The molecule has 3 aromatic rings. The van der Waals surface area contributed by atoms with E-state index in [1.807, 2.05) is 36.2 Å². The molecule has 1 aromatic heterocycles. The molecule has 0 saturated heterocycles. The number of amides is 2. The molecule has 10 nitrogen and oxygen atoms in total. The summed E-state index contributed by atoms with van der Waals surface area (Å²) < 4.78 is 20.1. The molecule has 0 bridgehead atoms. The third-order valence-electron chi connectivity index (χ3n) is 6.22. The highest BCUT2D eigenvalue weighted by atomic mass is 35.5. The number of nitrogens with one attached hydrogen (secondary N) is 2. The molecule has 0 saturated carbocycles. The number of nitrogens with zero attached hydrogens (tertiary/aromatic N) is 5. The Morgan fingerprint density at radius 2 is 1.77 bits per heavy atom. The van der Waals surface area contributed by atoms with Crippen LogP contribution in [0.1, 0.15) is 23.9 Å². The fourth-order valence-corrected chi connectivity index (χ4v) is 4.18. The highest BCUT2D eigenvalue weighted by molar-refractivity contribution is 5.87. The lowest BCUT2D eigenvalue weighted by molar-refractivity contribution is -0.145. The first-order valence-electron chi connectivity index (χ1n) is 12.3. The van der Waals surface area contributed by atoms with Crippen molar-refractivity contribution in [2.24, 2.45) is 0 Å². The van der Waals surface area contributed by atoms with Crippen molar-refractivity contribution in [2.75, 3.05) is 44.7 Å². The van der Waals surface area contributed by atoms with E-state index in [2.05, 4.69) is 20.8 Å². The first kappa shape index (κ1) is 32.0. The number of halogens is 3. The van der Waals surface area contributed by atoms with Crippen LogP contribution in [0, 0.1) is 12.7 Å². The summed E-state index contributed by atoms with van der Waals surface area (Å²) in [5, 5.41) is 13.3. The molecule has 39 heavy (non-hydrogen) atoms. The molecule has 0 aliphatic carbocycles. The SMILES string of the molecule is CCNCCNC(=O)CN(CC(=O)N(C)N1Cc2ccccc2C1)c1cc(-c2noc(C)n2)ccc1F.Cl.Cl. The van der Waals surface area contributed by atoms with E-state index in [0.29, 0.717) is 43.5 Å². The summed E-state index contributed by atoms with van der Waals surface area (Å²) in [4.78, 5) is 31.7. The van der Waals surface area contributed by atoms with Gasteiger partial charge in [0.1, 0.15) is 5.82 Å². The van der Waals surface area contributed by atoms with Crippen molar-refractivity contribution >= 4 is 42.3 Å². The second kappa shape index (κ2) is 14.8. The van der Waals surface area contributed by atoms with Crippen molar-refractivity contribution in [3.05, 3.63) is 65.3 Å². The fraction of sp³-hybridized carbons (Fsp3) is 0.385. The van der Waals surface area contributed by atoms with Gasteiger partial charge in [0.15, 0.2) is 0 Å². The molecule has 212 valence electrons. The molecule has 13 heteroatoms. The fourth-order valence-electron chi connectivity index (χ4n) is 4.18. The summed E-state index contributed by atoms with van der Waals surface area (Å²) in [5.41, 5.74) is 2.94. The van der Waals surface area contributed by atoms with E-state index >= 15 is 4.39 Å². The van der Waals surface area contributed by atoms with Crippen molar-refractivity contribution in [3.8, 4) is 11.4 Å². The van der Waals surface area contributed by atoms with Crippen LogP contribution in [0.15, 0.2) is 47.0 Å². The van der Waals surface area contributed by atoms with Crippen LogP contribution in [0.4, 0.5) is 10.1 Å². The summed E-state index contributed by atoms with van der Waals surface area (Å²) in [6.07, 6.45) is 0. The first-order chi connectivity index (χ1) is 17.9. The van der Waals surface area contributed by atoms with Gasteiger partial charge >= 0.3 is 0 Å². The number of hydrogen-bond donors (Lipinski definition) is 2. The maximum atomic E-state index is 15.1. The summed E-state index contributed by atoms with van der Waals surface area (Å²) in [7, 11) is 1.69. The molecule has 0 fully saturated rings. The van der Waals surface area contributed by atoms with E-state index in [1.165, 1.54) is 23.1 Å². The van der Waals surface area contributed by atoms with E-state index in [9.17, 15) is 9.59 Å². The monoisotopic (exact) mass is 581 g/mol. The largest absolute Gasteiger partial charge is 0.353 e. The maximum Gasteiger partial charge on any atom is 0.256 e. The Labute approximate surface area is 239 Å². The van der Waals surface area contributed by atoms with Crippen LogP contribution in [0.25, 0.3) is 11.4 Å². The highest BCUT2D eigenvalue weighted by Gasteiger charge is 2.27. The number of aromatic nitrogens is 2. The van der Waals surface area contributed by atoms with E-state index in [4.69, 9.17) is 4.52 Å². The Morgan fingerprint density at radius 1 is 1.08 bits per heavy atom. The van der Waals surface area contributed by atoms with Crippen LogP contribution in [0.3, 0.4) is 0 Å². The van der Waals surface area contributed by atoms with E-state index in [-0.39, 0.29) is 55.4 Å². The Morgan fingerprint density at radius 3 is 2.38 bits per heavy atom. The van der Waals surface area contributed by atoms with E-state index < -0.39 is 5.82 Å². The summed E-state index contributed by atoms with van der Waals surface area (Å²) in [6, 6.07) is 12.4. The molecule has 0 atom stereocenters. The van der Waals surface area contributed by atoms with Crippen molar-refractivity contribution in [1.82, 2.24) is 30.8 Å². The zero-order valence-electron chi connectivity index (χ0n) is 22.1. The molecule has 2 amide bonds. The van der Waals surface area contributed by atoms with Gasteiger partial charge in [-0.2, -0.15) is 4.98 Å². The molecule has 1 aliphatic heterocycles. The number of benzene rings is 2. The van der Waals surface area contributed by atoms with Crippen LogP contribution < -0.4 is 15.5 Å². The second-order valence-corrected chi connectivity index (χ2v) is 8.87. The number of likely N-dealkylation sites (N-methyl/N-ethyl adjacent to an activating group) is 2. The van der Waals surface area contributed by atoms with Crippen LogP contribution in [-0.2, 0) is 22.7 Å². The van der Waals surface area contributed by atoms with Crippen molar-refractivity contribution in [3.63, 3.8) is 0 Å². The molecule has 0 spiro atoms. The van der Waals surface area contributed by atoms with E-state index in [0.717, 1.165) is 17.7 Å². The second-order valence-electron chi connectivity index (χ2n) is 8.87. The molecule has 4 rings (SSSR count). The van der Waals surface area contributed by atoms with E-state index in [1.54, 1.807) is 19.0 Å². The highest BCUT2D eigenvalue weighted by Crippen LogP contribution is 2.27. The van der Waals surface area contributed by atoms with Gasteiger partial charge in [-0.05, 0) is 35.9 Å². The molecule has 0 radical (unpaired) electrons. The van der Waals surface area contributed by atoms with Gasteiger partial charge in [-0.1, -0.05) is 36.3 Å². The normalized spacial score (nSPS) is 12.2. The Bertz CT molecular complexity index is 1230. The zero-order valence-corrected chi connectivity index (χ0v) is 23.8. The average Bonchev–Trinajstić information content (AvgIpc) is 3.52. The minimum Gasteiger partial charge on any atom is -0.353 e. The number of aryl methyl sites for hydroxylation is 1. The topological polar surface area (TPSA) is 107 Å². The number of fused-ring (bicyclic) bond motifs is 1. The standard InChI is InChI=1S/C26H32FN7O3.2ClH/c1-4-28-11-12-29-24(35)16-33(23-13-19(9-10-22(23)27)26-30-18(2)37-31-26)17-25(36)32(3)34-14-20-7-5-6-8-21(20)15-34;;/h5-10,13,28H,4,11-12,14-17H2,1-3H3,(H,29,35);2*1H. The van der Waals surface area contributed by atoms with Crippen molar-refractivity contribution < 1.29 is 18.5 Å². The van der Waals surface area contributed by atoms with Crippen LogP contribution in [0.5, 0.6) is 0 Å². The van der Waals surface area contributed by atoms with Gasteiger partial charge in [0.2, 0.25) is 17.6 Å². The van der Waals surface area contributed by atoms with Gasteiger partial charge in [-0.15, -0.1) is 24.8 Å². The summed E-state index contributed by atoms with van der Waals surface area (Å²) >= 11 is 0. The van der Waals surface area contributed by atoms with Gasteiger partial charge in [-0.25, -0.2) is 9.40 Å². The first-order valence-corrected chi connectivity index (χ1v) is 12.3. The number of hydrogen-bond acceptors (Lipinski definition) is 8. The molecule has 1 aliphatic rings. The number of rotatable bonds is 11. The third kappa shape index (κ3) is 8.12. The average molecular weight is 583 g/mol. The number of carbonyl (C=O) groups excluding carboxylic acids is 2. The van der Waals surface area contributed by atoms with Crippen LogP contribution in [0.2, 0.25) is 0 Å². The molecule has 0 unspecified atom stereocenters. The van der Waals surface area contributed by atoms with Gasteiger partial charge in [0.05, 0.1) is 18.8 Å². The van der Waals surface area contributed by atoms with Gasteiger partial charge in [0, 0.05) is 45.7 Å². The smallest absolute Gasteiger partial charge is 0.256 e. The number of anilines is 1. The molecular formula is C26H34Cl2FN7O3. The molecule has 2 heterocycles. The number of carbonyl (C=O) groups is 2.